The van der Waals surface area contributed by atoms with Crippen molar-refractivity contribution in [1.82, 2.24) is 5.32 Å². The van der Waals surface area contributed by atoms with Gasteiger partial charge in [-0.1, -0.05) is 48.0 Å². The monoisotopic (exact) mass is 527 g/mol. The van der Waals surface area contributed by atoms with Gasteiger partial charge < -0.3 is 14.8 Å². The Hall–Kier alpha value is -1.79. The van der Waals surface area contributed by atoms with Crippen molar-refractivity contribution < 1.29 is 13.9 Å². The molecular weight excluding hydrogens is 504 g/mol. The molecular formula is C24H25BrCl2FNO2. The maximum atomic E-state index is 13.7. The van der Waals surface area contributed by atoms with Gasteiger partial charge in [-0.2, -0.15) is 0 Å². The zero-order valence-electron chi connectivity index (χ0n) is 17.2. The summed E-state index contributed by atoms with van der Waals surface area (Å²) < 4.78 is 26.4. The second kappa shape index (κ2) is 12.9. The lowest BCUT2D eigenvalue weighted by Gasteiger charge is -2.16. The molecule has 1 N–H and O–H groups in total. The van der Waals surface area contributed by atoms with Crippen LogP contribution in [0.2, 0.25) is 5.02 Å². The quantitative estimate of drug-likeness (QED) is 0.288. The summed E-state index contributed by atoms with van der Waals surface area (Å²) in [6, 6.07) is 18.4. The molecule has 0 aromatic heterocycles. The molecule has 0 radical (unpaired) electrons. The first-order valence-corrected chi connectivity index (χ1v) is 11.0. The first kappa shape index (κ1) is 25.5. The van der Waals surface area contributed by atoms with E-state index in [0.29, 0.717) is 54.8 Å². The summed E-state index contributed by atoms with van der Waals surface area (Å²) in [5.41, 5.74) is 2.67. The summed E-state index contributed by atoms with van der Waals surface area (Å²) in [7, 11) is 0. The third kappa shape index (κ3) is 7.39. The molecule has 3 rings (SSSR count). The molecule has 0 saturated heterocycles. The van der Waals surface area contributed by atoms with Crippen LogP contribution in [-0.2, 0) is 19.6 Å². The normalized spacial score (nSPS) is 10.5. The SMILES string of the molecule is CCOc1cc(CNCCc2ccccc2F)cc(Br)c1OCc1ccccc1Cl.Cl. The number of benzene rings is 3. The van der Waals surface area contributed by atoms with Gasteiger partial charge in [0.15, 0.2) is 11.5 Å². The van der Waals surface area contributed by atoms with Crippen LogP contribution in [0.25, 0.3) is 0 Å². The van der Waals surface area contributed by atoms with Gasteiger partial charge in [0.2, 0.25) is 0 Å². The van der Waals surface area contributed by atoms with Crippen molar-refractivity contribution >= 4 is 39.9 Å². The van der Waals surface area contributed by atoms with Crippen molar-refractivity contribution in [3.05, 3.63) is 92.7 Å². The molecule has 3 nitrogen and oxygen atoms in total. The van der Waals surface area contributed by atoms with E-state index in [0.717, 1.165) is 15.6 Å². The molecule has 0 saturated carbocycles. The number of halogens is 4. The lowest BCUT2D eigenvalue weighted by molar-refractivity contribution is 0.267. The molecule has 0 fully saturated rings. The third-order valence-corrected chi connectivity index (χ3v) is 5.51. The second-order valence-corrected chi connectivity index (χ2v) is 8.00. The van der Waals surface area contributed by atoms with Crippen molar-refractivity contribution in [2.75, 3.05) is 13.2 Å². The Bertz CT molecular complexity index is 988. The van der Waals surface area contributed by atoms with Crippen LogP contribution in [0.3, 0.4) is 0 Å². The van der Waals surface area contributed by atoms with Crippen LogP contribution < -0.4 is 14.8 Å². The number of hydrogen-bond donors (Lipinski definition) is 1. The van der Waals surface area contributed by atoms with Crippen molar-refractivity contribution in [2.24, 2.45) is 0 Å². The predicted molar refractivity (Wildman–Crippen MR) is 130 cm³/mol. The highest BCUT2D eigenvalue weighted by Crippen LogP contribution is 2.37. The first-order valence-electron chi connectivity index (χ1n) is 9.84. The minimum Gasteiger partial charge on any atom is -0.490 e. The van der Waals surface area contributed by atoms with E-state index in [2.05, 4.69) is 21.2 Å². The van der Waals surface area contributed by atoms with E-state index in [9.17, 15) is 4.39 Å². The van der Waals surface area contributed by atoms with E-state index in [4.69, 9.17) is 21.1 Å². The van der Waals surface area contributed by atoms with Crippen molar-refractivity contribution in [3.63, 3.8) is 0 Å². The summed E-state index contributed by atoms with van der Waals surface area (Å²) in [5, 5.41) is 4.03. The van der Waals surface area contributed by atoms with Gasteiger partial charge in [0, 0.05) is 17.1 Å². The molecule has 0 unspecified atom stereocenters. The van der Waals surface area contributed by atoms with Gasteiger partial charge in [0.25, 0.3) is 0 Å². The molecule has 3 aromatic carbocycles. The van der Waals surface area contributed by atoms with Gasteiger partial charge in [0.05, 0.1) is 11.1 Å². The largest absolute Gasteiger partial charge is 0.490 e. The number of rotatable bonds is 10. The Kier molecular flexibility index (Phi) is 10.6. The van der Waals surface area contributed by atoms with Gasteiger partial charge in [-0.3, -0.25) is 0 Å². The van der Waals surface area contributed by atoms with Crippen LogP contribution in [0.15, 0.2) is 65.1 Å². The summed E-state index contributed by atoms with van der Waals surface area (Å²) in [6.45, 7) is 4.12. The van der Waals surface area contributed by atoms with E-state index in [1.54, 1.807) is 6.07 Å². The van der Waals surface area contributed by atoms with Crippen molar-refractivity contribution in [2.45, 2.75) is 26.5 Å². The fraction of sp³-hybridized carbons (Fsp3) is 0.250. The molecule has 0 aliphatic carbocycles. The summed E-state index contributed by atoms with van der Waals surface area (Å²) in [5.74, 6) is 1.15. The van der Waals surface area contributed by atoms with E-state index >= 15 is 0 Å². The van der Waals surface area contributed by atoms with E-state index in [-0.39, 0.29) is 18.2 Å². The number of hydrogen-bond acceptors (Lipinski definition) is 3. The highest BCUT2D eigenvalue weighted by molar-refractivity contribution is 9.10. The predicted octanol–water partition coefficient (Wildman–Crippen LogP) is 6.97. The van der Waals surface area contributed by atoms with Gasteiger partial charge in [-0.25, -0.2) is 4.39 Å². The Morgan fingerprint density at radius 3 is 2.42 bits per heavy atom. The van der Waals surface area contributed by atoms with E-state index in [1.165, 1.54) is 6.07 Å². The topological polar surface area (TPSA) is 30.5 Å². The molecule has 166 valence electrons. The fourth-order valence-corrected chi connectivity index (χ4v) is 3.84. The molecule has 31 heavy (non-hydrogen) atoms. The summed E-state index contributed by atoms with van der Waals surface area (Å²) in [6.07, 6.45) is 0.630. The first-order chi connectivity index (χ1) is 14.6. The molecule has 0 aliphatic rings. The summed E-state index contributed by atoms with van der Waals surface area (Å²) in [4.78, 5) is 0. The van der Waals surface area contributed by atoms with Gasteiger partial charge in [0.1, 0.15) is 12.4 Å². The van der Waals surface area contributed by atoms with Gasteiger partial charge in [-0.05, 0) is 71.2 Å². The smallest absolute Gasteiger partial charge is 0.175 e. The number of nitrogens with one attached hydrogen (secondary N) is 1. The maximum Gasteiger partial charge on any atom is 0.175 e. The Balaban J connectivity index is 0.00000341. The Labute approximate surface area is 202 Å². The molecule has 0 atom stereocenters. The molecule has 0 aliphatic heterocycles. The lowest BCUT2D eigenvalue weighted by Crippen LogP contribution is -2.17. The van der Waals surface area contributed by atoms with Gasteiger partial charge in [-0.15, -0.1) is 12.4 Å². The van der Waals surface area contributed by atoms with Crippen LogP contribution in [0, 0.1) is 5.82 Å². The van der Waals surface area contributed by atoms with Gasteiger partial charge >= 0.3 is 0 Å². The van der Waals surface area contributed by atoms with Crippen molar-refractivity contribution in [3.8, 4) is 11.5 Å². The minimum absolute atomic E-state index is 0. The molecule has 0 heterocycles. The second-order valence-electron chi connectivity index (χ2n) is 6.74. The van der Waals surface area contributed by atoms with Crippen LogP contribution >= 0.6 is 39.9 Å². The third-order valence-electron chi connectivity index (χ3n) is 4.56. The zero-order chi connectivity index (χ0) is 21.3. The average Bonchev–Trinajstić information content (AvgIpc) is 2.73. The molecule has 0 bridgehead atoms. The van der Waals surface area contributed by atoms with E-state index in [1.807, 2.05) is 55.5 Å². The molecule has 0 amide bonds. The standard InChI is InChI=1S/C24H24BrClFNO2.ClH/c1-2-29-23-14-17(15-28-12-11-18-7-4-6-10-22(18)27)13-20(25)24(23)30-16-19-8-3-5-9-21(19)26;/h3-10,13-14,28H,2,11-12,15-16H2,1H3;1H. The zero-order valence-corrected chi connectivity index (χ0v) is 20.3. The average molecular weight is 529 g/mol. The molecule has 0 spiro atoms. The Morgan fingerprint density at radius 1 is 1.00 bits per heavy atom. The van der Waals surface area contributed by atoms with Crippen LogP contribution in [0.4, 0.5) is 4.39 Å². The highest BCUT2D eigenvalue weighted by atomic mass is 79.9. The molecule has 3 aromatic rings. The lowest BCUT2D eigenvalue weighted by atomic mass is 10.1. The van der Waals surface area contributed by atoms with E-state index < -0.39 is 0 Å². The highest BCUT2D eigenvalue weighted by Gasteiger charge is 2.13. The van der Waals surface area contributed by atoms with Crippen LogP contribution in [0.5, 0.6) is 11.5 Å². The Morgan fingerprint density at radius 2 is 1.71 bits per heavy atom. The fourth-order valence-electron chi connectivity index (χ4n) is 3.05. The van der Waals surface area contributed by atoms with Crippen LogP contribution in [-0.4, -0.2) is 13.2 Å². The minimum atomic E-state index is -0.166. The maximum absolute atomic E-state index is 13.7. The number of ether oxygens (including phenoxy) is 2. The van der Waals surface area contributed by atoms with Crippen molar-refractivity contribution in [1.29, 1.82) is 0 Å². The van der Waals surface area contributed by atoms with Crippen LogP contribution in [0.1, 0.15) is 23.6 Å². The summed E-state index contributed by atoms with van der Waals surface area (Å²) >= 11 is 9.83. The molecule has 7 heteroatoms.